The highest BCUT2D eigenvalue weighted by molar-refractivity contribution is 7.19. The second-order valence-corrected chi connectivity index (χ2v) is 10.0. The molecule has 0 aliphatic rings. The predicted molar refractivity (Wildman–Crippen MR) is 167 cm³/mol. The lowest BCUT2D eigenvalue weighted by Crippen LogP contribution is -2.74. The fourth-order valence-corrected chi connectivity index (χ4v) is 5.66. The molecule has 39 heavy (non-hydrogen) atoms. The maximum absolute atomic E-state index is 5.27. The Morgan fingerprint density at radius 2 is 0.923 bits per heavy atom. The quantitative estimate of drug-likeness (QED) is 0.134. The molecule has 1 heterocycles. The van der Waals surface area contributed by atoms with E-state index in [1.807, 2.05) is 18.2 Å². The van der Waals surface area contributed by atoms with Crippen molar-refractivity contribution < 1.29 is 9.30 Å². The molecule has 0 aliphatic heterocycles. The molecule has 0 saturated carbocycles. The van der Waals surface area contributed by atoms with E-state index in [-0.39, 0.29) is 0 Å². The van der Waals surface area contributed by atoms with Gasteiger partial charge < -0.3 is 4.74 Å². The first-order valence-corrected chi connectivity index (χ1v) is 14.2. The van der Waals surface area contributed by atoms with Crippen LogP contribution in [0.4, 0.5) is 0 Å². The first kappa shape index (κ1) is 27.9. The first-order valence-electron chi connectivity index (χ1n) is 14.2. The minimum Gasteiger partial charge on any atom is -0.448 e. The average molecular weight is 514 g/mol. The van der Waals surface area contributed by atoms with Gasteiger partial charge in [0.2, 0.25) is 0 Å². The van der Waals surface area contributed by atoms with E-state index in [1.54, 1.807) is 7.11 Å². The number of hydrogen-bond donors (Lipinski definition) is 0. The van der Waals surface area contributed by atoms with Gasteiger partial charge in [-0.25, -0.2) is 0 Å². The van der Waals surface area contributed by atoms with Crippen molar-refractivity contribution in [2.75, 3.05) is 7.11 Å². The van der Waals surface area contributed by atoms with Crippen LogP contribution in [-0.2, 0) is 6.54 Å². The van der Waals surface area contributed by atoms with Crippen LogP contribution in [0, 0.1) is 0 Å². The second kappa shape index (κ2) is 14.7. The lowest BCUT2D eigenvalue weighted by Gasteiger charge is -2.44. The van der Waals surface area contributed by atoms with E-state index in [0.717, 1.165) is 12.4 Å². The summed E-state index contributed by atoms with van der Waals surface area (Å²) in [5.41, 5.74) is 5.36. The smallest absolute Gasteiger partial charge is 0.367 e. The molecular formula is C36H40BNO. The van der Waals surface area contributed by atoms with Crippen LogP contribution in [0.15, 0.2) is 146 Å². The van der Waals surface area contributed by atoms with Crippen molar-refractivity contribution >= 4 is 28.0 Å². The average Bonchev–Trinajstić information content (AvgIpc) is 3.02. The Labute approximate surface area is 234 Å². The van der Waals surface area contributed by atoms with Gasteiger partial charge >= 0.3 is 5.88 Å². The van der Waals surface area contributed by atoms with Crippen molar-refractivity contribution in [2.45, 2.75) is 39.2 Å². The van der Waals surface area contributed by atoms with Gasteiger partial charge in [-0.3, -0.25) is 0 Å². The zero-order valence-electron chi connectivity index (χ0n) is 23.3. The third-order valence-electron chi connectivity index (χ3n) is 7.56. The maximum Gasteiger partial charge on any atom is 0.367 e. The van der Waals surface area contributed by atoms with E-state index in [0.29, 0.717) is 0 Å². The summed E-state index contributed by atoms with van der Waals surface area (Å²) < 4.78 is 7.43. The third-order valence-corrected chi connectivity index (χ3v) is 7.56. The van der Waals surface area contributed by atoms with E-state index in [9.17, 15) is 0 Å². The van der Waals surface area contributed by atoms with Gasteiger partial charge in [0.15, 0.2) is 12.7 Å². The fourth-order valence-electron chi connectivity index (χ4n) is 5.66. The molecule has 198 valence electrons. The van der Waals surface area contributed by atoms with Crippen LogP contribution in [0.2, 0.25) is 0 Å². The van der Waals surface area contributed by atoms with E-state index in [4.69, 9.17) is 4.74 Å². The molecule has 0 saturated heterocycles. The molecule has 0 amide bonds. The molecule has 4 aromatic carbocycles. The molecule has 1 aromatic heterocycles. The Kier molecular flexibility index (Phi) is 10.5. The maximum atomic E-state index is 5.27. The summed E-state index contributed by atoms with van der Waals surface area (Å²) in [6.45, 7) is 3.29. The Morgan fingerprint density at radius 1 is 0.513 bits per heavy atom. The number of benzene rings is 4. The minimum atomic E-state index is -1.22. The highest BCUT2D eigenvalue weighted by Gasteiger charge is 2.31. The number of hydrogen-bond acceptors (Lipinski definition) is 1. The number of aryl methyl sites for hydroxylation is 1. The van der Waals surface area contributed by atoms with Crippen molar-refractivity contribution in [3.63, 3.8) is 0 Å². The summed E-state index contributed by atoms with van der Waals surface area (Å²) in [6, 6.07) is 49.6. The van der Waals surface area contributed by atoms with Crippen LogP contribution in [0.5, 0.6) is 5.88 Å². The van der Waals surface area contributed by atoms with Gasteiger partial charge in [-0.2, -0.15) is 26.4 Å². The van der Waals surface area contributed by atoms with Crippen LogP contribution in [-0.4, -0.2) is 13.3 Å². The minimum absolute atomic E-state index is 0.948. The molecule has 0 atom stereocenters. The fraction of sp³-hybridized carbons (Fsp3) is 0.194. The standard InChI is InChI=1S/C24H20B.C12H20NO/c1-5-13-21(14-6-1)25(22-15-7-2-8-16-22,23-17-9-3-10-18-23)24-19-11-4-12-20-24;1-3-4-5-7-10-13-11-8-6-9-12(13)14-2/h1-20H;6,8-9,11H,3-5,7,10H2,1-2H3/q-1;+1. The summed E-state index contributed by atoms with van der Waals surface area (Å²) in [6.07, 6.45) is 6.02. The van der Waals surface area contributed by atoms with Gasteiger partial charge in [-0.15, -0.1) is 0 Å². The van der Waals surface area contributed by atoms with Crippen molar-refractivity contribution in [2.24, 2.45) is 0 Å². The molecule has 5 rings (SSSR count). The van der Waals surface area contributed by atoms with E-state index < -0.39 is 6.15 Å². The lowest BCUT2D eigenvalue weighted by atomic mass is 9.13. The van der Waals surface area contributed by atoms with Crippen molar-refractivity contribution in [1.82, 2.24) is 0 Å². The van der Waals surface area contributed by atoms with Crippen LogP contribution in [0.25, 0.3) is 0 Å². The molecular weight excluding hydrogens is 473 g/mol. The van der Waals surface area contributed by atoms with E-state index in [1.165, 1.54) is 47.5 Å². The number of pyridine rings is 1. The largest absolute Gasteiger partial charge is 0.448 e. The second-order valence-electron chi connectivity index (χ2n) is 10.0. The monoisotopic (exact) mass is 513 g/mol. The molecule has 2 nitrogen and oxygen atoms in total. The van der Waals surface area contributed by atoms with Crippen molar-refractivity contribution in [3.8, 4) is 5.88 Å². The molecule has 0 radical (unpaired) electrons. The van der Waals surface area contributed by atoms with Gasteiger partial charge in [0.05, 0.1) is 13.2 Å². The Balaban J connectivity index is 0.000000215. The number of nitrogens with zero attached hydrogens (tertiary/aromatic N) is 1. The number of rotatable bonds is 10. The lowest BCUT2D eigenvalue weighted by molar-refractivity contribution is -0.701. The molecule has 0 spiro atoms. The zero-order valence-corrected chi connectivity index (χ0v) is 23.3. The normalized spacial score (nSPS) is 10.8. The predicted octanol–water partition coefficient (Wildman–Crippen LogP) is 5.63. The van der Waals surface area contributed by atoms with Gasteiger partial charge in [0, 0.05) is 12.5 Å². The van der Waals surface area contributed by atoms with Gasteiger partial charge in [0.1, 0.15) is 6.15 Å². The molecule has 0 N–H and O–H groups in total. The van der Waals surface area contributed by atoms with Crippen LogP contribution < -0.4 is 31.2 Å². The highest BCUT2D eigenvalue weighted by atomic mass is 16.5. The molecule has 0 fully saturated rings. The molecule has 5 aromatic rings. The summed E-state index contributed by atoms with van der Waals surface area (Å²) in [7, 11) is 1.72. The van der Waals surface area contributed by atoms with Crippen molar-refractivity contribution in [1.29, 1.82) is 0 Å². The van der Waals surface area contributed by atoms with Crippen LogP contribution in [0.3, 0.4) is 0 Å². The number of methoxy groups -OCH3 is 1. The topological polar surface area (TPSA) is 13.1 Å². The highest BCUT2D eigenvalue weighted by Crippen LogP contribution is 2.09. The van der Waals surface area contributed by atoms with Crippen molar-refractivity contribution in [3.05, 3.63) is 146 Å². The molecule has 0 aliphatic carbocycles. The third kappa shape index (κ3) is 6.86. The zero-order chi connectivity index (χ0) is 27.2. The summed E-state index contributed by atoms with van der Waals surface area (Å²) in [5, 5.41) is 0. The SMILES string of the molecule is CCCCCC[n+]1ccccc1OC.c1ccc([B-](c2ccccc2)(c2ccccc2)c2ccccc2)cc1. The Bertz CT molecular complexity index is 1200. The molecule has 3 heteroatoms. The molecule has 0 bridgehead atoms. The summed E-state index contributed by atoms with van der Waals surface area (Å²) >= 11 is 0. The van der Waals surface area contributed by atoms with Crippen LogP contribution in [0.1, 0.15) is 32.6 Å². The van der Waals surface area contributed by atoms with Gasteiger partial charge in [-0.1, -0.05) is 141 Å². The van der Waals surface area contributed by atoms with E-state index in [2.05, 4.69) is 139 Å². The van der Waals surface area contributed by atoms with Gasteiger partial charge in [-0.05, 0) is 12.5 Å². The van der Waals surface area contributed by atoms with E-state index >= 15 is 0 Å². The van der Waals surface area contributed by atoms with Gasteiger partial charge in [0.25, 0.3) is 0 Å². The number of ether oxygens (including phenoxy) is 1. The summed E-state index contributed by atoms with van der Waals surface area (Å²) in [4.78, 5) is 0. The Morgan fingerprint density at radius 3 is 1.31 bits per heavy atom. The summed E-state index contributed by atoms with van der Waals surface area (Å²) in [5.74, 6) is 0.948. The number of unbranched alkanes of at least 4 members (excludes halogenated alkanes) is 3. The Hall–Kier alpha value is -4.11. The van der Waals surface area contributed by atoms with Crippen LogP contribution >= 0.6 is 0 Å². The number of aromatic nitrogens is 1. The molecule has 0 unspecified atom stereocenters. The first-order chi connectivity index (χ1) is 19.3.